The average Bonchev–Trinajstić information content (AvgIpc) is 3.16. The Kier molecular flexibility index (Phi) is 5.76. The first kappa shape index (κ1) is 21.7. The maximum Gasteiger partial charge on any atom is 0.416 e. The molecule has 2 N–H and O–H groups in total. The number of amides is 2. The maximum absolute atomic E-state index is 13.2. The first-order valence-corrected chi connectivity index (χ1v) is 10.7. The smallest absolute Gasteiger partial charge is 0.325 e. The summed E-state index contributed by atoms with van der Waals surface area (Å²) in [5.41, 5.74) is 1.82. The molecule has 0 spiro atoms. The van der Waals surface area contributed by atoms with Crippen LogP contribution in [0.2, 0.25) is 5.02 Å². The fourth-order valence-corrected chi connectivity index (χ4v) is 4.83. The molecule has 2 fully saturated rings. The Labute approximate surface area is 182 Å². The molecule has 0 radical (unpaired) electrons. The topological polar surface area (TPSA) is 77.0 Å². The second-order valence-corrected chi connectivity index (χ2v) is 8.35. The van der Waals surface area contributed by atoms with Gasteiger partial charge in [0.05, 0.1) is 28.4 Å². The van der Waals surface area contributed by atoms with E-state index in [2.05, 4.69) is 15.8 Å². The summed E-state index contributed by atoms with van der Waals surface area (Å²) in [5, 5.41) is 6.72. The van der Waals surface area contributed by atoms with Crippen molar-refractivity contribution in [3.63, 3.8) is 0 Å². The minimum atomic E-state index is -4.56. The van der Waals surface area contributed by atoms with Crippen LogP contribution in [0.3, 0.4) is 0 Å². The lowest BCUT2D eigenvalue weighted by Crippen LogP contribution is -2.69. The van der Waals surface area contributed by atoms with E-state index < -0.39 is 23.8 Å². The SMILES string of the molecule is CCC1=NNC2C(=O)N(CC(=O)Nc3cc(C(F)(F)F)ccc3Cl)C3CCCCC3N12. The molecule has 2 aliphatic heterocycles. The van der Waals surface area contributed by atoms with Crippen molar-refractivity contribution in [3.05, 3.63) is 28.8 Å². The fourth-order valence-electron chi connectivity index (χ4n) is 4.66. The molecule has 3 atom stereocenters. The van der Waals surface area contributed by atoms with Crippen molar-refractivity contribution in [2.75, 3.05) is 11.9 Å². The van der Waals surface area contributed by atoms with Gasteiger partial charge in [0, 0.05) is 6.42 Å². The van der Waals surface area contributed by atoms with E-state index in [9.17, 15) is 22.8 Å². The van der Waals surface area contributed by atoms with Crippen LogP contribution in [0.25, 0.3) is 0 Å². The molecule has 31 heavy (non-hydrogen) atoms. The van der Waals surface area contributed by atoms with Gasteiger partial charge in [-0.25, -0.2) is 0 Å². The zero-order valence-electron chi connectivity index (χ0n) is 16.9. The van der Waals surface area contributed by atoms with E-state index in [1.54, 1.807) is 0 Å². The molecule has 1 saturated carbocycles. The van der Waals surface area contributed by atoms with Crippen LogP contribution in [0.15, 0.2) is 23.3 Å². The normalized spacial score (nSPS) is 25.5. The van der Waals surface area contributed by atoms with Crippen LogP contribution in [0.4, 0.5) is 18.9 Å². The highest BCUT2D eigenvalue weighted by Crippen LogP contribution is 2.36. The summed E-state index contributed by atoms with van der Waals surface area (Å²) in [7, 11) is 0. The number of hydrazone groups is 1. The second-order valence-electron chi connectivity index (χ2n) is 7.95. The number of hydrogen-bond acceptors (Lipinski definition) is 5. The second kappa shape index (κ2) is 8.22. The zero-order valence-corrected chi connectivity index (χ0v) is 17.6. The molecule has 1 aliphatic carbocycles. The molecule has 0 aromatic heterocycles. The Balaban J connectivity index is 1.53. The quantitative estimate of drug-likeness (QED) is 0.726. The van der Waals surface area contributed by atoms with Crippen LogP contribution in [0.5, 0.6) is 0 Å². The molecule has 4 rings (SSSR count). The minimum Gasteiger partial charge on any atom is -0.325 e. The van der Waals surface area contributed by atoms with Crippen molar-refractivity contribution in [1.29, 1.82) is 0 Å². The van der Waals surface area contributed by atoms with Gasteiger partial charge in [-0.1, -0.05) is 31.4 Å². The molecule has 168 valence electrons. The molecule has 0 bridgehead atoms. The summed E-state index contributed by atoms with van der Waals surface area (Å²) in [6.45, 7) is 1.71. The van der Waals surface area contributed by atoms with E-state index >= 15 is 0 Å². The van der Waals surface area contributed by atoms with E-state index in [0.717, 1.165) is 49.7 Å². The summed E-state index contributed by atoms with van der Waals surface area (Å²) in [5.74, 6) is -0.0299. The van der Waals surface area contributed by atoms with Crippen LogP contribution < -0.4 is 10.7 Å². The van der Waals surface area contributed by atoms with E-state index in [1.165, 1.54) is 4.90 Å². The van der Waals surface area contributed by atoms with E-state index in [-0.39, 0.29) is 35.2 Å². The number of carbonyl (C=O) groups is 2. The van der Waals surface area contributed by atoms with Gasteiger partial charge in [0.1, 0.15) is 12.4 Å². The van der Waals surface area contributed by atoms with E-state index in [0.29, 0.717) is 6.42 Å². The molecular formula is C20H23ClF3N5O2. The van der Waals surface area contributed by atoms with Crippen molar-refractivity contribution in [2.45, 2.75) is 63.5 Å². The number of hydrogen-bond donors (Lipinski definition) is 2. The highest BCUT2D eigenvalue weighted by atomic mass is 35.5. The van der Waals surface area contributed by atoms with Crippen LogP contribution >= 0.6 is 11.6 Å². The van der Waals surface area contributed by atoms with Gasteiger partial charge < -0.3 is 15.1 Å². The lowest BCUT2D eigenvalue weighted by molar-refractivity contribution is -0.151. The largest absolute Gasteiger partial charge is 0.416 e. The molecule has 3 unspecified atom stereocenters. The minimum absolute atomic E-state index is 0.00788. The Morgan fingerprint density at radius 2 is 2.00 bits per heavy atom. The third-order valence-electron chi connectivity index (χ3n) is 6.06. The molecule has 11 heteroatoms. The van der Waals surface area contributed by atoms with Gasteiger partial charge in [-0.3, -0.25) is 15.0 Å². The fraction of sp³-hybridized carbons (Fsp3) is 0.550. The number of fused-ring (bicyclic) bond motifs is 3. The van der Waals surface area contributed by atoms with Crippen LogP contribution in [-0.4, -0.2) is 52.2 Å². The number of piperazine rings is 1. The van der Waals surface area contributed by atoms with Crippen molar-refractivity contribution in [1.82, 2.24) is 15.2 Å². The van der Waals surface area contributed by atoms with Crippen molar-refractivity contribution in [2.24, 2.45) is 5.10 Å². The van der Waals surface area contributed by atoms with Crippen molar-refractivity contribution < 1.29 is 22.8 Å². The van der Waals surface area contributed by atoms with Crippen molar-refractivity contribution >= 4 is 34.9 Å². The number of carbonyl (C=O) groups excluding carboxylic acids is 2. The van der Waals surface area contributed by atoms with Crippen molar-refractivity contribution in [3.8, 4) is 0 Å². The van der Waals surface area contributed by atoms with Gasteiger partial charge in [0.2, 0.25) is 5.91 Å². The summed E-state index contributed by atoms with van der Waals surface area (Å²) >= 11 is 5.98. The molecular weight excluding hydrogens is 435 g/mol. The molecule has 7 nitrogen and oxygen atoms in total. The predicted molar refractivity (Wildman–Crippen MR) is 109 cm³/mol. The lowest BCUT2D eigenvalue weighted by Gasteiger charge is -2.51. The van der Waals surface area contributed by atoms with Gasteiger partial charge in [-0.05, 0) is 31.0 Å². The number of benzene rings is 1. The molecule has 2 heterocycles. The third-order valence-corrected chi connectivity index (χ3v) is 6.39. The maximum atomic E-state index is 13.2. The average molecular weight is 458 g/mol. The summed E-state index contributed by atoms with van der Waals surface area (Å²) < 4.78 is 39.0. The first-order chi connectivity index (χ1) is 14.7. The van der Waals surface area contributed by atoms with Crippen LogP contribution in [0, 0.1) is 0 Å². The number of alkyl halides is 3. The van der Waals surface area contributed by atoms with Gasteiger partial charge in [0.25, 0.3) is 5.91 Å². The number of nitrogens with zero attached hydrogens (tertiary/aromatic N) is 3. The Bertz CT molecular complexity index is 923. The highest BCUT2D eigenvalue weighted by molar-refractivity contribution is 6.33. The number of amidine groups is 1. The van der Waals surface area contributed by atoms with Gasteiger partial charge in [-0.15, -0.1) is 0 Å². The third kappa shape index (κ3) is 4.05. The van der Waals surface area contributed by atoms with Crippen LogP contribution in [0.1, 0.15) is 44.6 Å². The predicted octanol–water partition coefficient (Wildman–Crippen LogP) is 3.41. The molecule has 2 amide bonds. The first-order valence-electron chi connectivity index (χ1n) is 10.3. The van der Waals surface area contributed by atoms with E-state index in [1.807, 2.05) is 11.8 Å². The summed E-state index contributed by atoms with van der Waals surface area (Å²) in [6.07, 6.45) is -0.919. The molecule has 1 saturated heterocycles. The summed E-state index contributed by atoms with van der Waals surface area (Å²) in [6, 6.07) is 2.63. The van der Waals surface area contributed by atoms with Crippen LogP contribution in [-0.2, 0) is 15.8 Å². The Morgan fingerprint density at radius 3 is 2.68 bits per heavy atom. The summed E-state index contributed by atoms with van der Waals surface area (Å²) in [4.78, 5) is 29.4. The molecule has 1 aromatic carbocycles. The molecule has 1 aromatic rings. The van der Waals surface area contributed by atoms with E-state index in [4.69, 9.17) is 11.6 Å². The standard InChI is InChI=1S/C20H23ClF3N5O2/c1-2-16-26-27-18-19(31)28(14-5-3-4-6-15(14)29(16)18)10-17(30)25-13-9-11(20(22,23)24)7-8-12(13)21/h7-9,14-15,18,27H,2-6,10H2,1H3,(H,25,30). The number of rotatable bonds is 4. The Hall–Kier alpha value is -2.49. The Morgan fingerprint density at radius 1 is 1.29 bits per heavy atom. The highest BCUT2D eigenvalue weighted by Gasteiger charge is 2.50. The monoisotopic (exact) mass is 457 g/mol. The lowest BCUT2D eigenvalue weighted by atomic mass is 9.85. The van der Waals surface area contributed by atoms with Gasteiger partial charge >= 0.3 is 6.18 Å². The number of anilines is 1. The van der Waals surface area contributed by atoms with Gasteiger partial charge in [0.15, 0.2) is 6.17 Å². The van der Waals surface area contributed by atoms with Gasteiger partial charge in [-0.2, -0.15) is 18.3 Å². The number of halogens is 4. The zero-order chi connectivity index (χ0) is 22.3. The number of nitrogens with one attached hydrogen (secondary N) is 2. The molecule has 3 aliphatic rings.